The maximum Gasteiger partial charge on any atom is 0.328 e. The molecule has 166 valence electrons. The number of carbonyl (C=O) groups is 2. The number of esters is 1. The van der Waals surface area contributed by atoms with Crippen LogP contribution in [0, 0.1) is 6.92 Å². The SMILES string of the molecule is COC(=O)[C@H](CCSC)NC(=O)c1ccc(/C=C/n2ccnc2)cc1-c1ccccc1C. The summed E-state index contributed by atoms with van der Waals surface area (Å²) in [4.78, 5) is 29.5. The van der Waals surface area contributed by atoms with Gasteiger partial charge in [0.1, 0.15) is 6.04 Å². The zero-order chi connectivity index (χ0) is 22.9. The first-order chi connectivity index (χ1) is 15.5. The fourth-order valence-electron chi connectivity index (χ4n) is 3.35. The molecular formula is C25H27N3O3S. The number of nitrogens with one attached hydrogen (secondary N) is 1. The molecule has 2 aromatic carbocycles. The number of aryl methyl sites for hydroxylation is 1. The smallest absolute Gasteiger partial charge is 0.328 e. The van der Waals surface area contributed by atoms with E-state index in [0.29, 0.717) is 12.0 Å². The van der Waals surface area contributed by atoms with E-state index in [0.717, 1.165) is 28.0 Å². The summed E-state index contributed by atoms with van der Waals surface area (Å²) in [6.07, 6.45) is 11.6. The fraction of sp³-hybridized carbons (Fsp3) is 0.240. The first kappa shape index (κ1) is 23.3. The molecule has 1 heterocycles. The summed E-state index contributed by atoms with van der Waals surface area (Å²) in [5.74, 6) is -0.00232. The van der Waals surface area contributed by atoms with Crippen molar-refractivity contribution < 1.29 is 14.3 Å². The standard InChI is InChI=1S/C25H27N3O3S/c1-18-6-4-5-7-20(18)22-16-19(10-13-28-14-12-26-17-28)8-9-21(22)24(29)27-23(11-15-32-3)25(30)31-2/h4-10,12-14,16-17,23H,11,15H2,1-3H3,(H,27,29)/b13-10+/t23-/m0/s1. The van der Waals surface area contributed by atoms with Gasteiger partial charge in [-0.1, -0.05) is 30.3 Å². The van der Waals surface area contributed by atoms with Crippen LogP contribution >= 0.6 is 11.8 Å². The number of aromatic nitrogens is 2. The number of amides is 1. The van der Waals surface area contributed by atoms with Gasteiger partial charge in [0.25, 0.3) is 5.91 Å². The molecule has 0 bridgehead atoms. The quantitative estimate of drug-likeness (QED) is 0.487. The van der Waals surface area contributed by atoms with Crippen LogP contribution in [0.5, 0.6) is 0 Å². The third kappa shape index (κ3) is 5.88. The minimum atomic E-state index is -0.689. The average Bonchev–Trinajstić information content (AvgIpc) is 3.33. The molecule has 0 saturated carbocycles. The van der Waals surface area contributed by atoms with Gasteiger partial charge in [-0.15, -0.1) is 0 Å². The lowest BCUT2D eigenvalue weighted by Gasteiger charge is -2.18. The Balaban J connectivity index is 1.97. The lowest BCUT2D eigenvalue weighted by atomic mass is 9.93. The Hall–Kier alpha value is -3.32. The number of nitrogens with zero attached hydrogens (tertiary/aromatic N) is 2. The van der Waals surface area contributed by atoms with Crippen molar-refractivity contribution in [1.29, 1.82) is 0 Å². The zero-order valence-corrected chi connectivity index (χ0v) is 19.3. The number of carbonyl (C=O) groups excluding carboxylic acids is 2. The van der Waals surface area contributed by atoms with Crippen molar-refractivity contribution >= 4 is 35.9 Å². The molecule has 0 radical (unpaired) electrons. The molecule has 0 saturated heterocycles. The first-order valence-corrected chi connectivity index (χ1v) is 11.7. The Morgan fingerprint density at radius 3 is 2.72 bits per heavy atom. The van der Waals surface area contributed by atoms with Gasteiger partial charge >= 0.3 is 5.97 Å². The molecule has 1 aromatic heterocycles. The Labute approximate surface area is 192 Å². The van der Waals surface area contributed by atoms with E-state index in [1.807, 2.05) is 72.6 Å². The molecule has 0 spiro atoms. The number of imidazole rings is 1. The summed E-state index contributed by atoms with van der Waals surface area (Å²) >= 11 is 1.62. The summed E-state index contributed by atoms with van der Waals surface area (Å²) in [7, 11) is 1.33. The van der Waals surface area contributed by atoms with Gasteiger partial charge in [0, 0.05) is 24.2 Å². The Bertz CT molecular complexity index is 1090. The van der Waals surface area contributed by atoms with Gasteiger partial charge in [0.15, 0.2) is 0 Å². The van der Waals surface area contributed by atoms with E-state index in [2.05, 4.69) is 10.3 Å². The van der Waals surface area contributed by atoms with Gasteiger partial charge in [0.05, 0.1) is 13.4 Å². The topological polar surface area (TPSA) is 73.2 Å². The predicted molar refractivity (Wildman–Crippen MR) is 130 cm³/mol. The van der Waals surface area contributed by atoms with Crippen LogP contribution in [-0.4, -0.2) is 46.6 Å². The van der Waals surface area contributed by atoms with Crippen molar-refractivity contribution in [3.8, 4) is 11.1 Å². The monoisotopic (exact) mass is 449 g/mol. The highest BCUT2D eigenvalue weighted by Gasteiger charge is 2.23. The number of thioether (sulfide) groups is 1. The van der Waals surface area contributed by atoms with Crippen LogP contribution in [0.4, 0.5) is 0 Å². The normalized spacial score (nSPS) is 12.0. The van der Waals surface area contributed by atoms with Crippen LogP contribution in [-0.2, 0) is 9.53 Å². The van der Waals surface area contributed by atoms with Gasteiger partial charge in [0.2, 0.25) is 0 Å². The summed E-state index contributed by atoms with van der Waals surface area (Å²) in [5, 5.41) is 2.87. The van der Waals surface area contributed by atoms with Crippen LogP contribution in [0.1, 0.15) is 27.9 Å². The first-order valence-electron chi connectivity index (χ1n) is 10.3. The second-order valence-electron chi connectivity index (χ2n) is 7.28. The molecule has 1 amide bonds. The van der Waals surface area contributed by atoms with Crippen LogP contribution < -0.4 is 5.32 Å². The average molecular weight is 450 g/mol. The second-order valence-corrected chi connectivity index (χ2v) is 8.26. The van der Waals surface area contributed by atoms with Gasteiger partial charge < -0.3 is 14.6 Å². The Kier molecular flexibility index (Phi) is 8.27. The van der Waals surface area contributed by atoms with Crippen LogP contribution in [0.25, 0.3) is 23.4 Å². The van der Waals surface area contributed by atoms with E-state index in [1.165, 1.54) is 7.11 Å². The fourth-order valence-corrected chi connectivity index (χ4v) is 3.83. The van der Waals surface area contributed by atoms with Crippen molar-refractivity contribution in [2.45, 2.75) is 19.4 Å². The van der Waals surface area contributed by atoms with Gasteiger partial charge in [-0.2, -0.15) is 11.8 Å². The summed E-state index contributed by atoms with van der Waals surface area (Å²) in [5.41, 5.74) is 4.29. The van der Waals surface area contributed by atoms with Crippen molar-refractivity contribution in [2.24, 2.45) is 0 Å². The zero-order valence-electron chi connectivity index (χ0n) is 18.4. The highest BCUT2D eigenvalue weighted by atomic mass is 32.2. The van der Waals surface area contributed by atoms with Gasteiger partial charge in [-0.05, 0) is 65.8 Å². The molecule has 1 N–H and O–H groups in total. The Morgan fingerprint density at radius 2 is 2.03 bits per heavy atom. The lowest BCUT2D eigenvalue weighted by molar-refractivity contribution is -0.142. The number of ether oxygens (including phenoxy) is 1. The summed E-state index contributed by atoms with van der Waals surface area (Å²) < 4.78 is 6.74. The number of methoxy groups -OCH3 is 1. The van der Waals surface area contributed by atoms with Crippen LogP contribution in [0.2, 0.25) is 0 Å². The molecule has 0 aliphatic carbocycles. The van der Waals surface area contributed by atoms with E-state index in [9.17, 15) is 9.59 Å². The molecule has 1 atom stereocenters. The molecule has 6 nitrogen and oxygen atoms in total. The number of hydrogen-bond acceptors (Lipinski definition) is 5. The molecule has 0 aliphatic heterocycles. The van der Waals surface area contributed by atoms with Crippen molar-refractivity contribution in [3.05, 3.63) is 77.9 Å². The third-order valence-electron chi connectivity index (χ3n) is 5.09. The number of hydrogen-bond donors (Lipinski definition) is 1. The maximum atomic E-state index is 13.2. The van der Waals surface area contributed by atoms with Crippen molar-refractivity contribution in [1.82, 2.24) is 14.9 Å². The van der Waals surface area contributed by atoms with Crippen molar-refractivity contribution in [2.75, 3.05) is 19.1 Å². The molecule has 0 fully saturated rings. The molecule has 0 aliphatic rings. The van der Waals surface area contributed by atoms with Crippen LogP contribution in [0.3, 0.4) is 0 Å². The van der Waals surface area contributed by atoms with Gasteiger partial charge in [-0.3, -0.25) is 4.79 Å². The van der Waals surface area contributed by atoms with E-state index in [-0.39, 0.29) is 5.91 Å². The highest BCUT2D eigenvalue weighted by molar-refractivity contribution is 7.98. The molecule has 3 rings (SSSR count). The maximum absolute atomic E-state index is 13.2. The van der Waals surface area contributed by atoms with E-state index in [1.54, 1.807) is 30.4 Å². The highest BCUT2D eigenvalue weighted by Crippen LogP contribution is 2.29. The summed E-state index contributed by atoms with van der Waals surface area (Å²) in [6.45, 7) is 2.01. The lowest BCUT2D eigenvalue weighted by Crippen LogP contribution is -2.42. The molecule has 3 aromatic rings. The third-order valence-corrected chi connectivity index (χ3v) is 5.73. The second kappa shape index (κ2) is 11.3. The van der Waals surface area contributed by atoms with E-state index in [4.69, 9.17) is 4.74 Å². The predicted octanol–water partition coefficient (Wildman–Crippen LogP) is 4.51. The Morgan fingerprint density at radius 1 is 1.22 bits per heavy atom. The minimum absolute atomic E-state index is 0.301. The van der Waals surface area contributed by atoms with E-state index < -0.39 is 12.0 Å². The molecule has 0 unspecified atom stereocenters. The molecular weight excluding hydrogens is 422 g/mol. The summed E-state index contributed by atoms with van der Waals surface area (Å²) in [6, 6.07) is 12.9. The van der Waals surface area contributed by atoms with Gasteiger partial charge in [-0.25, -0.2) is 9.78 Å². The minimum Gasteiger partial charge on any atom is -0.467 e. The van der Waals surface area contributed by atoms with Crippen LogP contribution in [0.15, 0.2) is 61.2 Å². The number of benzene rings is 2. The largest absolute Gasteiger partial charge is 0.467 e. The molecule has 32 heavy (non-hydrogen) atoms. The van der Waals surface area contributed by atoms with Crippen molar-refractivity contribution in [3.63, 3.8) is 0 Å². The molecule has 7 heteroatoms. The number of rotatable bonds is 9. The van der Waals surface area contributed by atoms with E-state index >= 15 is 0 Å².